The smallest absolute Gasteiger partial charge is 0.159 e. The van der Waals surface area contributed by atoms with Crippen LogP contribution in [-0.2, 0) is 15.0 Å². The fraction of sp³-hybridized carbons (Fsp3) is 0.647. The van der Waals surface area contributed by atoms with Gasteiger partial charge in [-0.05, 0) is 44.4 Å². The molecule has 2 rings (SSSR count). The Bertz CT molecular complexity index is 505. The van der Waals surface area contributed by atoms with Crippen molar-refractivity contribution < 1.29 is 23.4 Å². The summed E-state index contributed by atoms with van der Waals surface area (Å²) in [4.78, 5) is 0. The fourth-order valence-electron chi connectivity index (χ4n) is 2.53. The Hall–Kier alpha value is -1.08. The zero-order chi connectivity index (χ0) is 16.9. The minimum absolute atomic E-state index is 0.133. The third-order valence-electron chi connectivity index (χ3n) is 4.06. The van der Waals surface area contributed by atoms with Crippen LogP contribution >= 0.6 is 0 Å². The molecule has 1 fully saturated rings. The molecule has 2 N–H and O–H groups in total. The lowest BCUT2D eigenvalue weighted by Gasteiger charge is -2.28. The van der Waals surface area contributed by atoms with E-state index < -0.39 is 23.3 Å². The van der Waals surface area contributed by atoms with Crippen molar-refractivity contribution in [3.05, 3.63) is 35.4 Å². The number of hydrogen-bond acceptors (Lipinski definition) is 4. The predicted octanol–water partition coefficient (Wildman–Crippen LogP) is 2.35. The third-order valence-corrected chi connectivity index (χ3v) is 4.06. The Morgan fingerprint density at radius 2 is 2.17 bits per heavy atom. The quantitative estimate of drug-likeness (QED) is 0.769. The van der Waals surface area contributed by atoms with Gasteiger partial charge in [-0.25, -0.2) is 8.78 Å². The number of hydrogen-bond donors (Lipinski definition) is 2. The van der Waals surface area contributed by atoms with Crippen molar-refractivity contribution in [2.45, 2.75) is 44.4 Å². The second-order valence-corrected chi connectivity index (χ2v) is 6.46. The SMILES string of the molecule is CC(C)(NCC(O)COCC1CCCO1)c1ccc(F)c(F)c1. The molecule has 2 atom stereocenters. The van der Waals surface area contributed by atoms with E-state index in [-0.39, 0.29) is 19.3 Å². The molecule has 1 aliphatic rings. The first-order chi connectivity index (χ1) is 10.9. The van der Waals surface area contributed by atoms with Crippen molar-refractivity contribution in [2.75, 3.05) is 26.4 Å². The lowest BCUT2D eigenvalue weighted by molar-refractivity contribution is -0.0177. The predicted molar refractivity (Wildman–Crippen MR) is 83.2 cm³/mol. The number of aliphatic hydroxyl groups excluding tert-OH is 1. The number of benzene rings is 1. The van der Waals surface area contributed by atoms with Crippen molar-refractivity contribution >= 4 is 0 Å². The Kier molecular flexibility index (Phi) is 6.47. The Labute approximate surface area is 135 Å². The number of ether oxygens (including phenoxy) is 2. The van der Waals surface area contributed by atoms with Crippen LogP contribution in [0.4, 0.5) is 8.78 Å². The molecule has 2 unspecified atom stereocenters. The second kappa shape index (κ2) is 8.15. The van der Waals surface area contributed by atoms with Crippen LogP contribution in [0.2, 0.25) is 0 Å². The van der Waals surface area contributed by atoms with Crippen LogP contribution in [0.1, 0.15) is 32.3 Å². The van der Waals surface area contributed by atoms with Gasteiger partial charge in [0.25, 0.3) is 0 Å². The monoisotopic (exact) mass is 329 g/mol. The summed E-state index contributed by atoms with van der Waals surface area (Å²) in [5, 5.41) is 13.1. The van der Waals surface area contributed by atoms with E-state index in [1.54, 1.807) is 0 Å². The third kappa shape index (κ3) is 5.49. The molecule has 1 heterocycles. The molecule has 4 nitrogen and oxygen atoms in total. The molecule has 1 aliphatic heterocycles. The highest BCUT2D eigenvalue weighted by atomic mass is 19.2. The summed E-state index contributed by atoms with van der Waals surface area (Å²) in [6.45, 7) is 5.46. The largest absolute Gasteiger partial charge is 0.389 e. The molecule has 23 heavy (non-hydrogen) atoms. The van der Waals surface area contributed by atoms with E-state index in [4.69, 9.17) is 9.47 Å². The highest BCUT2D eigenvalue weighted by Gasteiger charge is 2.23. The number of rotatable bonds is 8. The lowest BCUT2D eigenvalue weighted by atomic mass is 9.94. The van der Waals surface area contributed by atoms with Crippen LogP contribution in [-0.4, -0.2) is 43.7 Å². The molecule has 0 aliphatic carbocycles. The Balaban J connectivity index is 1.75. The molecular formula is C17H25F2NO3. The Morgan fingerprint density at radius 3 is 2.83 bits per heavy atom. The van der Waals surface area contributed by atoms with Crippen molar-refractivity contribution in [1.82, 2.24) is 5.32 Å². The van der Waals surface area contributed by atoms with Crippen LogP contribution in [0.25, 0.3) is 0 Å². The first kappa shape index (κ1) is 18.3. The summed E-state index contributed by atoms with van der Waals surface area (Å²) in [5.74, 6) is -1.75. The average molecular weight is 329 g/mol. The van der Waals surface area contributed by atoms with Gasteiger partial charge in [-0.1, -0.05) is 6.07 Å². The molecule has 1 saturated heterocycles. The van der Waals surface area contributed by atoms with E-state index in [1.807, 2.05) is 13.8 Å². The van der Waals surface area contributed by atoms with Crippen molar-refractivity contribution in [3.63, 3.8) is 0 Å². The van der Waals surface area contributed by atoms with Gasteiger partial charge < -0.3 is 19.9 Å². The maximum Gasteiger partial charge on any atom is 0.159 e. The Morgan fingerprint density at radius 1 is 1.39 bits per heavy atom. The van der Waals surface area contributed by atoms with Gasteiger partial charge in [-0.15, -0.1) is 0 Å². The van der Waals surface area contributed by atoms with E-state index in [1.165, 1.54) is 12.1 Å². The molecule has 0 radical (unpaired) electrons. The van der Waals surface area contributed by atoms with Gasteiger partial charge in [0, 0.05) is 18.7 Å². The summed E-state index contributed by atoms with van der Waals surface area (Å²) in [7, 11) is 0. The standard InChI is InChI=1S/C17H25F2NO3/c1-17(2,12-5-6-15(18)16(19)8-12)20-9-13(21)10-22-11-14-4-3-7-23-14/h5-6,8,13-14,20-21H,3-4,7,9-11H2,1-2H3. The van der Waals surface area contributed by atoms with Gasteiger partial charge in [-0.2, -0.15) is 0 Å². The summed E-state index contributed by atoms with van der Waals surface area (Å²) in [5.41, 5.74) is 0.0215. The molecule has 1 aromatic rings. The molecule has 0 bridgehead atoms. The zero-order valence-corrected chi connectivity index (χ0v) is 13.6. The number of nitrogens with one attached hydrogen (secondary N) is 1. The highest BCUT2D eigenvalue weighted by Crippen LogP contribution is 2.22. The van der Waals surface area contributed by atoms with Crippen LogP contribution < -0.4 is 5.32 Å². The van der Waals surface area contributed by atoms with Gasteiger partial charge in [0.2, 0.25) is 0 Å². The van der Waals surface area contributed by atoms with E-state index in [2.05, 4.69) is 5.32 Å². The molecule has 0 amide bonds. The summed E-state index contributed by atoms with van der Waals surface area (Å²) in [6, 6.07) is 3.81. The van der Waals surface area contributed by atoms with Crippen LogP contribution in [0.3, 0.4) is 0 Å². The molecule has 130 valence electrons. The minimum atomic E-state index is -0.877. The normalized spacial score (nSPS) is 20.0. The molecular weight excluding hydrogens is 304 g/mol. The number of halogens is 2. The second-order valence-electron chi connectivity index (χ2n) is 6.46. The van der Waals surface area contributed by atoms with E-state index in [9.17, 15) is 13.9 Å². The van der Waals surface area contributed by atoms with E-state index >= 15 is 0 Å². The van der Waals surface area contributed by atoms with Gasteiger partial charge >= 0.3 is 0 Å². The summed E-state index contributed by atoms with van der Waals surface area (Å²) in [6.07, 6.45) is 1.51. The zero-order valence-electron chi connectivity index (χ0n) is 13.6. The minimum Gasteiger partial charge on any atom is -0.389 e. The van der Waals surface area contributed by atoms with Crippen molar-refractivity contribution in [1.29, 1.82) is 0 Å². The first-order valence-electron chi connectivity index (χ1n) is 7.96. The van der Waals surface area contributed by atoms with Crippen LogP contribution in [0.5, 0.6) is 0 Å². The average Bonchev–Trinajstić information content (AvgIpc) is 3.01. The molecule has 1 aromatic carbocycles. The topological polar surface area (TPSA) is 50.7 Å². The van der Waals surface area contributed by atoms with Crippen molar-refractivity contribution in [2.24, 2.45) is 0 Å². The summed E-state index contributed by atoms with van der Waals surface area (Å²) < 4.78 is 37.2. The molecule has 6 heteroatoms. The summed E-state index contributed by atoms with van der Waals surface area (Å²) >= 11 is 0. The number of aliphatic hydroxyl groups is 1. The maximum atomic E-state index is 13.3. The van der Waals surface area contributed by atoms with Gasteiger partial charge in [0.15, 0.2) is 11.6 Å². The molecule has 0 saturated carbocycles. The maximum absolute atomic E-state index is 13.3. The van der Waals surface area contributed by atoms with Gasteiger partial charge in [-0.3, -0.25) is 0 Å². The van der Waals surface area contributed by atoms with Crippen LogP contribution in [0.15, 0.2) is 18.2 Å². The van der Waals surface area contributed by atoms with Gasteiger partial charge in [0.1, 0.15) is 0 Å². The van der Waals surface area contributed by atoms with Crippen molar-refractivity contribution in [3.8, 4) is 0 Å². The molecule has 0 spiro atoms. The fourth-order valence-corrected chi connectivity index (χ4v) is 2.53. The van der Waals surface area contributed by atoms with E-state index in [0.29, 0.717) is 12.2 Å². The van der Waals surface area contributed by atoms with E-state index in [0.717, 1.165) is 25.5 Å². The first-order valence-corrected chi connectivity index (χ1v) is 7.96. The highest BCUT2D eigenvalue weighted by molar-refractivity contribution is 5.24. The molecule has 0 aromatic heterocycles. The lowest BCUT2D eigenvalue weighted by Crippen LogP contribution is -2.42. The van der Waals surface area contributed by atoms with Crippen LogP contribution in [0, 0.1) is 11.6 Å². The van der Waals surface area contributed by atoms with Gasteiger partial charge in [0.05, 0.1) is 25.4 Å².